The summed E-state index contributed by atoms with van der Waals surface area (Å²) in [5.74, 6) is -1.17. The van der Waals surface area contributed by atoms with Crippen LogP contribution in [0.3, 0.4) is 0 Å². The first kappa shape index (κ1) is 21.7. The summed E-state index contributed by atoms with van der Waals surface area (Å²) >= 11 is 7.21. The molecular formula is C20H21ClN2O4S2. The van der Waals surface area contributed by atoms with Gasteiger partial charge in [-0.05, 0) is 42.3 Å². The fourth-order valence-corrected chi connectivity index (χ4v) is 5.40. The van der Waals surface area contributed by atoms with Gasteiger partial charge in [0.05, 0.1) is 22.1 Å². The van der Waals surface area contributed by atoms with Gasteiger partial charge in [0.15, 0.2) is 9.84 Å². The van der Waals surface area contributed by atoms with Gasteiger partial charge in [-0.3, -0.25) is 9.59 Å². The van der Waals surface area contributed by atoms with Crippen molar-refractivity contribution in [2.75, 3.05) is 23.4 Å². The minimum atomic E-state index is -3.67. The van der Waals surface area contributed by atoms with Crippen LogP contribution in [0.4, 0.5) is 5.69 Å². The number of nitrogens with one attached hydrogen (secondary N) is 2. The van der Waals surface area contributed by atoms with E-state index >= 15 is 0 Å². The second-order valence-corrected chi connectivity index (χ2v) is 10.3. The number of amides is 2. The number of carbonyl (C=O) groups excluding carboxylic acids is 2. The number of halogens is 1. The van der Waals surface area contributed by atoms with E-state index < -0.39 is 15.8 Å². The monoisotopic (exact) mass is 452 g/mol. The van der Waals surface area contributed by atoms with Crippen molar-refractivity contribution in [2.45, 2.75) is 23.1 Å². The Morgan fingerprint density at radius 3 is 2.69 bits per heavy atom. The molecule has 0 spiro atoms. The van der Waals surface area contributed by atoms with Crippen molar-refractivity contribution < 1.29 is 18.0 Å². The highest BCUT2D eigenvalue weighted by Crippen LogP contribution is 2.33. The fraction of sp³-hybridized carbons (Fsp3) is 0.300. The van der Waals surface area contributed by atoms with Crippen molar-refractivity contribution >= 4 is 50.7 Å². The van der Waals surface area contributed by atoms with Gasteiger partial charge in [0.2, 0.25) is 11.8 Å². The van der Waals surface area contributed by atoms with Crippen molar-refractivity contribution in [3.8, 4) is 0 Å². The Morgan fingerprint density at radius 1 is 1.24 bits per heavy atom. The van der Waals surface area contributed by atoms with Crippen LogP contribution in [0, 0.1) is 5.92 Å². The average molecular weight is 453 g/mol. The summed E-state index contributed by atoms with van der Waals surface area (Å²) in [5.41, 5.74) is 1.52. The maximum atomic E-state index is 12.7. The van der Waals surface area contributed by atoms with E-state index in [1.807, 2.05) is 12.1 Å². The number of hydrogen-bond acceptors (Lipinski definition) is 5. The highest BCUT2D eigenvalue weighted by Gasteiger charge is 2.25. The molecule has 0 unspecified atom stereocenters. The quantitative estimate of drug-likeness (QED) is 0.673. The molecule has 2 amide bonds. The van der Waals surface area contributed by atoms with Gasteiger partial charge in [0.1, 0.15) is 0 Å². The standard InChI is InChI=1S/C20H21ClN2O4S2/c1-13(20(25)22-9-8-14-2-4-15(21)5-3-14)12-29(26,27)16-6-7-18-17(10-16)23-19(24)11-28-18/h2-7,10,13H,8-9,11-12H2,1H3,(H,22,25)(H,23,24)/t13-/m1/s1. The first-order valence-electron chi connectivity index (χ1n) is 9.06. The molecule has 3 rings (SSSR count). The Balaban J connectivity index is 1.57. The van der Waals surface area contributed by atoms with E-state index in [0.717, 1.165) is 10.5 Å². The summed E-state index contributed by atoms with van der Waals surface area (Å²) < 4.78 is 25.5. The molecule has 0 saturated heterocycles. The first-order chi connectivity index (χ1) is 13.7. The summed E-state index contributed by atoms with van der Waals surface area (Å²) in [6.07, 6.45) is 0.630. The van der Waals surface area contributed by atoms with Gasteiger partial charge in [-0.25, -0.2) is 8.42 Å². The van der Waals surface area contributed by atoms with E-state index in [0.29, 0.717) is 29.4 Å². The third-order valence-electron chi connectivity index (χ3n) is 4.49. The molecule has 154 valence electrons. The molecular weight excluding hydrogens is 432 g/mol. The maximum Gasteiger partial charge on any atom is 0.234 e. The highest BCUT2D eigenvalue weighted by molar-refractivity contribution is 8.00. The van der Waals surface area contributed by atoms with E-state index in [4.69, 9.17) is 11.6 Å². The number of sulfone groups is 1. The van der Waals surface area contributed by atoms with Crippen LogP contribution in [-0.4, -0.2) is 38.3 Å². The number of anilines is 1. The van der Waals surface area contributed by atoms with Crippen LogP contribution in [0.2, 0.25) is 5.02 Å². The molecule has 1 atom stereocenters. The van der Waals surface area contributed by atoms with Crippen molar-refractivity contribution in [1.82, 2.24) is 5.32 Å². The molecule has 0 fully saturated rings. The minimum Gasteiger partial charge on any atom is -0.356 e. The summed E-state index contributed by atoms with van der Waals surface area (Å²) in [6.45, 7) is 2.00. The molecule has 9 heteroatoms. The molecule has 1 aliphatic heterocycles. The number of fused-ring (bicyclic) bond motifs is 1. The largest absolute Gasteiger partial charge is 0.356 e. The third-order valence-corrected chi connectivity index (χ3v) is 7.72. The van der Waals surface area contributed by atoms with Gasteiger partial charge in [-0.1, -0.05) is 30.7 Å². The molecule has 0 saturated carbocycles. The van der Waals surface area contributed by atoms with Crippen molar-refractivity contribution in [3.05, 3.63) is 53.1 Å². The highest BCUT2D eigenvalue weighted by atomic mass is 35.5. The smallest absolute Gasteiger partial charge is 0.234 e. The van der Waals surface area contributed by atoms with E-state index in [2.05, 4.69) is 10.6 Å². The van der Waals surface area contributed by atoms with E-state index in [9.17, 15) is 18.0 Å². The molecule has 2 aromatic carbocycles. The van der Waals surface area contributed by atoms with Crippen molar-refractivity contribution in [3.63, 3.8) is 0 Å². The molecule has 0 aliphatic carbocycles. The Hall–Kier alpha value is -2.03. The van der Waals surface area contributed by atoms with E-state index in [1.54, 1.807) is 25.1 Å². The first-order valence-corrected chi connectivity index (χ1v) is 12.1. The van der Waals surface area contributed by atoms with E-state index in [-0.39, 0.29) is 22.5 Å². The molecule has 29 heavy (non-hydrogen) atoms. The number of benzene rings is 2. The van der Waals surface area contributed by atoms with Gasteiger partial charge < -0.3 is 10.6 Å². The lowest BCUT2D eigenvalue weighted by molar-refractivity contribution is -0.123. The normalized spacial score (nSPS) is 14.6. The molecule has 6 nitrogen and oxygen atoms in total. The van der Waals surface area contributed by atoms with Gasteiger partial charge in [0, 0.05) is 22.4 Å². The second kappa shape index (κ2) is 9.19. The van der Waals surface area contributed by atoms with E-state index in [1.165, 1.54) is 23.9 Å². The van der Waals surface area contributed by atoms with Gasteiger partial charge >= 0.3 is 0 Å². The van der Waals surface area contributed by atoms with Gasteiger partial charge in [-0.2, -0.15) is 0 Å². The number of thioether (sulfide) groups is 1. The van der Waals surface area contributed by atoms with Crippen LogP contribution in [-0.2, 0) is 25.8 Å². The topological polar surface area (TPSA) is 92.3 Å². The Kier molecular flexibility index (Phi) is 6.87. The van der Waals surface area contributed by atoms with Gasteiger partial charge in [0.25, 0.3) is 0 Å². The molecule has 1 aliphatic rings. The fourth-order valence-electron chi connectivity index (χ4n) is 2.91. The molecule has 0 bridgehead atoms. The maximum absolute atomic E-state index is 12.7. The minimum absolute atomic E-state index is 0.0971. The number of hydrogen-bond donors (Lipinski definition) is 2. The predicted octanol–water partition coefficient (Wildman–Crippen LogP) is 3.15. The molecule has 0 radical (unpaired) electrons. The predicted molar refractivity (Wildman–Crippen MR) is 115 cm³/mol. The zero-order valence-corrected chi connectivity index (χ0v) is 18.2. The van der Waals surface area contributed by atoms with Crippen LogP contribution in [0.15, 0.2) is 52.3 Å². The average Bonchev–Trinajstić information content (AvgIpc) is 2.68. The van der Waals surface area contributed by atoms with Crippen molar-refractivity contribution in [1.29, 1.82) is 0 Å². The summed E-state index contributed by atoms with van der Waals surface area (Å²) in [5, 5.41) is 6.11. The van der Waals surface area contributed by atoms with Crippen LogP contribution in [0.5, 0.6) is 0 Å². The van der Waals surface area contributed by atoms with Crippen LogP contribution >= 0.6 is 23.4 Å². The molecule has 0 aromatic heterocycles. The Bertz CT molecular complexity index is 1020. The number of rotatable bonds is 7. The molecule has 2 aromatic rings. The summed E-state index contributed by atoms with van der Waals surface area (Å²) in [6, 6.07) is 12.0. The van der Waals surface area contributed by atoms with Crippen molar-refractivity contribution in [2.24, 2.45) is 5.92 Å². The van der Waals surface area contributed by atoms with Gasteiger partial charge in [-0.15, -0.1) is 11.8 Å². The van der Waals surface area contributed by atoms with Crippen LogP contribution in [0.25, 0.3) is 0 Å². The Labute approximate surface area is 179 Å². The zero-order chi connectivity index (χ0) is 21.0. The molecule has 1 heterocycles. The Morgan fingerprint density at radius 2 is 1.97 bits per heavy atom. The van der Waals surface area contributed by atoms with Crippen LogP contribution < -0.4 is 10.6 Å². The lowest BCUT2D eigenvalue weighted by Crippen LogP contribution is -2.34. The van der Waals surface area contributed by atoms with Crippen LogP contribution in [0.1, 0.15) is 12.5 Å². The summed E-state index contributed by atoms with van der Waals surface area (Å²) in [4.78, 5) is 24.8. The second-order valence-electron chi connectivity index (χ2n) is 6.84. The zero-order valence-electron chi connectivity index (χ0n) is 15.8. The molecule has 2 N–H and O–H groups in total. The SMILES string of the molecule is C[C@H](CS(=O)(=O)c1ccc2c(c1)NC(=O)CS2)C(=O)NCCc1ccc(Cl)cc1. The lowest BCUT2D eigenvalue weighted by Gasteiger charge is -2.18. The summed E-state index contributed by atoms with van der Waals surface area (Å²) in [7, 11) is -3.67. The lowest BCUT2D eigenvalue weighted by atomic mass is 10.1. The third kappa shape index (κ3) is 5.74. The number of carbonyl (C=O) groups is 2.